The van der Waals surface area contributed by atoms with Crippen molar-refractivity contribution in [2.75, 3.05) is 18.0 Å². The Morgan fingerprint density at radius 3 is 2.95 bits per heavy atom. The van der Waals surface area contributed by atoms with Crippen LogP contribution >= 0.6 is 15.9 Å². The number of H-pyrrole nitrogens is 1. The van der Waals surface area contributed by atoms with Crippen LogP contribution in [-0.2, 0) is 0 Å². The van der Waals surface area contributed by atoms with Crippen molar-refractivity contribution in [3.63, 3.8) is 0 Å². The highest BCUT2D eigenvalue weighted by Gasteiger charge is 2.15. The Morgan fingerprint density at radius 1 is 1.45 bits per heavy atom. The van der Waals surface area contributed by atoms with E-state index in [0.717, 1.165) is 17.7 Å². The van der Waals surface area contributed by atoms with Crippen LogP contribution in [0.5, 0.6) is 0 Å². The molecule has 0 aliphatic carbocycles. The summed E-state index contributed by atoms with van der Waals surface area (Å²) in [5, 5.41) is 0. The lowest BCUT2D eigenvalue weighted by Gasteiger charge is -2.24. The molecule has 0 aliphatic rings. The average Bonchev–Trinajstić information content (AvgIpc) is 2.44. The van der Waals surface area contributed by atoms with Gasteiger partial charge in [0, 0.05) is 12.2 Å². The van der Waals surface area contributed by atoms with Crippen molar-refractivity contribution in [3.8, 4) is 0 Å². The molecule has 2 rings (SSSR count). The second-order valence-electron chi connectivity index (χ2n) is 4.50. The van der Waals surface area contributed by atoms with Crippen LogP contribution in [0.15, 0.2) is 39.9 Å². The number of aromatic amines is 1. The summed E-state index contributed by atoms with van der Waals surface area (Å²) in [5.74, 6) is 0.604. The predicted octanol–water partition coefficient (Wildman–Crippen LogP) is 2.33. The molecule has 6 heteroatoms. The number of rotatable bonds is 5. The van der Waals surface area contributed by atoms with E-state index in [9.17, 15) is 4.79 Å². The van der Waals surface area contributed by atoms with Gasteiger partial charge in [0.2, 0.25) is 0 Å². The maximum absolute atomic E-state index is 11.7. The Bertz CT molecular complexity index is 641. The first-order chi connectivity index (χ1) is 9.63. The maximum Gasteiger partial charge on any atom is 0.267 e. The molecule has 106 valence electrons. The Kier molecular flexibility index (Phi) is 4.92. The van der Waals surface area contributed by atoms with E-state index in [0.29, 0.717) is 23.4 Å². The number of hydrogen-bond acceptors (Lipinski definition) is 4. The van der Waals surface area contributed by atoms with Crippen LogP contribution in [0.2, 0.25) is 0 Å². The molecule has 2 aromatic rings. The lowest BCUT2D eigenvalue weighted by atomic mass is 10.2. The number of aryl methyl sites for hydroxylation is 1. The first-order valence-electron chi connectivity index (χ1n) is 6.41. The molecule has 0 spiro atoms. The van der Waals surface area contributed by atoms with Crippen molar-refractivity contribution in [2.45, 2.75) is 13.3 Å². The minimum absolute atomic E-state index is 0.194. The fraction of sp³-hybridized carbons (Fsp3) is 0.286. The van der Waals surface area contributed by atoms with Gasteiger partial charge in [-0.25, -0.2) is 4.98 Å². The lowest BCUT2D eigenvalue weighted by molar-refractivity contribution is 0.805. The summed E-state index contributed by atoms with van der Waals surface area (Å²) in [7, 11) is 0. The molecule has 1 aromatic heterocycles. The lowest BCUT2D eigenvalue weighted by Crippen LogP contribution is -2.24. The van der Waals surface area contributed by atoms with Crippen LogP contribution in [0.25, 0.3) is 0 Å². The van der Waals surface area contributed by atoms with Crippen molar-refractivity contribution >= 4 is 27.4 Å². The number of hydrogen-bond donors (Lipinski definition) is 2. The summed E-state index contributed by atoms with van der Waals surface area (Å²) in [6.45, 7) is 3.32. The zero-order chi connectivity index (χ0) is 14.5. The van der Waals surface area contributed by atoms with Crippen molar-refractivity contribution in [1.29, 1.82) is 0 Å². The summed E-state index contributed by atoms with van der Waals surface area (Å²) >= 11 is 3.31. The smallest absolute Gasteiger partial charge is 0.267 e. The summed E-state index contributed by atoms with van der Waals surface area (Å²) < 4.78 is 0.429. The van der Waals surface area contributed by atoms with E-state index in [1.54, 1.807) is 0 Å². The van der Waals surface area contributed by atoms with Gasteiger partial charge in [-0.15, -0.1) is 0 Å². The Morgan fingerprint density at radius 2 is 2.25 bits per heavy atom. The van der Waals surface area contributed by atoms with Gasteiger partial charge in [0.1, 0.15) is 4.47 Å². The van der Waals surface area contributed by atoms with Gasteiger partial charge in [-0.2, -0.15) is 0 Å². The van der Waals surface area contributed by atoms with E-state index in [-0.39, 0.29) is 5.56 Å². The summed E-state index contributed by atoms with van der Waals surface area (Å²) in [6.07, 6.45) is 2.22. The Labute approximate surface area is 126 Å². The molecule has 0 radical (unpaired) electrons. The molecule has 0 saturated heterocycles. The highest BCUT2D eigenvalue weighted by atomic mass is 79.9. The molecule has 3 N–H and O–H groups in total. The van der Waals surface area contributed by atoms with Gasteiger partial charge in [-0.1, -0.05) is 12.1 Å². The van der Waals surface area contributed by atoms with E-state index in [1.165, 1.54) is 6.33 Å². The normalized spacial score (nSPS) is 10.6. The van der Waals surface area contributed by atoms with Gasteiger partial charge in [0.05, 0.1) is 6.33 Å². The molecule has 1 heterocycles. The average molecular weight is 337 g/mol. The maximum atomic E-state index is 11.7. The summed E-state index contributed by atoms with van der Waals surface area (Å²) in [6, 6.07) is 8.08. The van der Waals surface area contributed by atoms with Gasteiger partial charge in [0.15, 0.2) is 5.82 Å². The molecular weight excluding hydrogens is 320 g/mol. The van der Waals surface area contributed by atoms with Crippen LogP contribution in [0.3, 0.4) is 0 Å². The number of nitrogens with two attached hydrogens (primary N) is 1. The molecule has 5 nitrogen and oxygen atoms in total. The van der Waals surface area contributed by atoms with Gasteiger partial charge in [-0.05, 0) is 53.5 Å². The van der Waals surface area contributed by atoms with E-state index < -0.39 is 0 Å². The van der Waals surface area contributed by atoms with Crippen LogP contribution in [0.4, 0.5) is 11.5 Å². The molecule has 0 atom stereocenters. The van der Waals surface area contributed by atoms with E-state index in [1.807, 2.05) is 30.0 Å². The second-order valence-corrected chi connectivity index (χ2v) is 5.30. The molecular formula is C14H17BrN4O. The third-order valence-corrected chi connectivity index (χ3v) is 3.65. The first kappa shape index (κ1) is 14.7. The van der Waals surface area contributed by atoms with Gasteiger partial charge in [-0.3, -0.25) is 4.79 Å². The number of anilines is 2. The molecule has 0 aliphatic heterocycles. The standard InChI is InChI=1S/C14H17BrN4O/c1-10-4-2-5-11(8-10)19(7-3-6-16)13-12(15)14(20)18-9-17-13/h2,4-5,8-9H,3,6-7,16H2,1H3,(H,17,18,20). The molecule has 0 bridgehead atoms. The quantitative estimate of drug-likeness (QED) is 0.878. The van der Waals surface area contributed by atoms with Gasteiger partial charge in [0.25, 0.3) is 5.56 Å². The minimum Gasteiger partial charge on any atom is -0.330 e. The second kappa shape index (κ2) is 6.67. The van der Waals surface area contributed by atoms with Gasteiger partial charge >= 0.3 is 0 Å². The molecule has 20 heavy (non-hydrogen) atoms. The largest absolute Gasteiger partial charge is 0.330 e. The van der Waals surface area contributed by atoms with Crippen molar-refractivity contribution in [3.05, 3.63) is 51.0 Å². The van der Waals surface area contributed by atoms with E-state index in [2.05, 4.69) is 32.0 Å². The van der Waals surface area contributed by atoms with E-state index >= 15 is 0 Å². The third kappa shape index (κ3) is 3.26. The fourth-order valence-corrected chi connectivity index (χ4v) is 2.40. The van der Waals surface area contributed by atoms with Crippen LogP contribution < -0.4 is 16.2 Å². The van der Waals surface area contributed by atoms with E-state index in [4.69, 9.17) is 5.73 Å². The zero-order valence-electron chi connectivity index (χ0n) is 11.3. The number of benzene rings is 1. The molecule has 0 fully saturated rings. The first-order valence-corrected chi connectivity index (χ1v) is 7.20. The number of nitrogens with zero attached hydrogens (tertiary/aromatic N) is 2. The highest BCUT2D eigenvalue weighted by molar-refractivity contribution is 9.10. The Balaban J connectivity index is 2.47. The highest BCUT2D eigenvalue weighted by Crippen LogP contribution is 2.28. The molecule has 0 amide bonds. The van der Waals surface area contributed by atoms with Crippen LogP contribution in [0, 0.1) is 6.92 Å². The fourth-order valence-electron chi connectivity index (χ4n) is 1.96. The third-order valence-electron chi connectivity index (χ3n) is 2.93. The number of aromatic nitrogens is 2. The number of halogens is 1. The number of nitrogens with one attached hydrogen (secondary N) is 1. The van der Waals surface area contributed by atoms with Crippen molar-refractivity contribution < 1.29 is 0 Å². The predicted molar refractivity (Wildman–Crippen MR) is 84.4 cm³/mol. The minimum atomic E-state index is -0.194. The zero-order valence-corrected chi connectivity index (χ0v) is 12.9. The SMILES string of the molecule is Cc1cccc(N(CCCN)c2nc[nH]c(=O)c2Br)c1. The summed E-state index contributed by atoms with van der Waals surface area (Å²) in [4.78, 5) is 20.6. The van der Waals surface area contributed by atoms with Crippen LogP contribution in [0.1, 0.15) is 12.0 Å². The molecule has 0 unspecified atom stereocenters. The van der Waals surface area contributed by atoms with Gasteiger partial charge < -0.3 is 15.6 Å². The Hall–Kier alpha value is -1.66. The molecule has 1 aromatic carbocycles. The van der Waals surface area contributed by atoms with Crippen molar-refractivity contribution in [1.82, 2.24) is 9.97 Å². The topological polar surface area (TPSA) is 75.0 Å². The summed E-state index contributed by atoms with van der Waals surface area (Å²) in [5.41, 5.74) is 7.56. The van der Waals surface area contributed by atoms with Crippen molar-refractivity contribution in [2.24, 2.45) is 5.73 Å². The molecule has 0 saturated carbocycles. The van der Waals surface area contributed by atoms with Crippen LogP contribution in [-0.4, -0.2) is 23.1 Å². The monoisotopic (exact) mass is 336 g/mol.